The Kier molecular flexibility index (Phi) is 3.24. The summed E-state index contributed by atoms with van der Waals surface area (Å²) in [6, 6.07) is 0. The zero-order valence-corrected chi connectivity index (χ0v) is 7.51. The normalized spacial score (nSPS) is 40.0. The van der Waals surface area contributed by atoms with Crippen molar-refractivity contribution in [2.24, 2.45) is 0 Å². The fourth-order valence-electron chi connectivity index (χ4n) is 1.12. The van der Waals surface area contributed by atoms with Crippen molar-refractivity contribution in [1.82, 2.24) is 0 Å². The second kappa shape index (κ2) is 4.04. The molecule has 2 N–H and O–H groups in total. The molecule has 0 aromatic heterocycles. The molecular weight excluding hydrogens is 176 g/mol. The summed E-state index contributed by atoms with van der Waals surface area (Å²) in [5, 5.41) is 18.8. The second-order valence-electron chi connectivity index (χ2n) is 3.03. The number of ether oxygens (including phenoxy) is 2. The third kappa shape index (κ3) is 2.40. The van der Waals surface area contributed by atoms with Gasteiger partial charge in [0, 0.05) is 6.92 Å². The van der Waals surface area contributed by atoms with Gasteiger partial charge in [-0.1, -0.05) is 0 Å². The van der Waals surface area contributed by atoms with E-state index in [9.17, 15) is 15.0 Å². The standard InChI is InChI=1S/C8H13O5/c1-4-7(10)8(11)6(3-12-4)13-5(2)9/h3-4,6-8,10-11H,1-2H3/t4-,6-,7-,8-/m1/s1. The van der Waals surface area contributed by atoms with E-state index < -0.39 is 30.4 Å². The SMILES string of the molecule is CC(=O)O[C@@H]1[CH]O[C@H](C)[C@@H](O)[C@@H]1O. The predicted molar refractivity (Wildman–Crippen MR) is 42.4 cm³/mol. The molecule has 1 heterocycles. The van der Waals surface area contributed by atoms with Gasteiger partial charge in [0.15, 0.2) is 6.10 Å². The summed E-state index contributed by atoms with van der Waals surface area (Å²) < 4.78 is 9.65. The van der Waals surface area contributed by atoms with Gasteiger partial charge in [0.2, 0.25) is 0 Å². The lowest BCUT2D eigenvalue weighted by atomic mass is 10.0. The molecule has 0 bridgehead atoms. The smallest absolute Gasteiger partial charge is 0.303 e. The lowest BCUT2D eigenvalue weighted by Crippen LogP contribution is -2.51. The number of aliphatic hydroxyl groups excluding tert-OH is 2. The topological polar surface area (TPSA) is 76.0 Å². The minimum Gasteiger partial charge on any atom is -0.457 e. The van der Waals surface area contributed by atoms with Crippen LogP contribution < -0.4 is 0 Å². The Balaban J connectivity index is 2.53. The van der Waals surface area contributed by atoms with Gasteiger partial charge < -0.3 is 19.7 Å². The molecule has 0 amide bonds. The Hall–Kier alpha value is -0.650. The van der Waals surface area contributed by atoms with Crippen molar-refractivity contribution in [1.29, 1.82) is 0 Å². The Morgan fingerprint density at radius 1 is 1.46 bits per heavy atom. The fourth-order valence-corrected chi connectivity index (χ4v) is 1.12. The molecule has 0 unspecified atom stereocenters. The highest BCUT2D eigenvalue weighted by Gasteiger charge is 2.38. The lowest BCUT2D eigenvalue weighted by Gasteiger charge is -2.34. The zero-order chi connectivity index (χ0) is 10.0. The van der Waals surface area contributed by atoms with Gasteiger partial charge in [0.1, 0.15) is 18.8 Å². The van der Waals surface area contributed by atoms with Gasteiger partial charge >= 0.3 is 5.97 Å². The fraction of sp³-hybridized carbons (Fsp3) is 0.750. The highest BCUT2D eigenvalue weighted by molar-refractivity contribution is 5.66. The van der Waals surface area contributed by atoms with E-state index in [0.29, 0.717) is 0 Å². The first-order valence-corrected chi connectivity index (χ1v) is 4.04. The largest absolute Gasteiger partial charge is 0.457 e. The quantitative estimate of drug-likeness (QED) is 0.529. The molecule has 0 saturated carbocycles. The molecule has 1 aliphatic rings. The third-order valence-electron chi connectivity index (χ3n) is 1.90. The van der Waals surface area contributed by atoms with E-state index in [1.165, 1.54) is 13.5 Å². The molecular formula is C8H13O5. The van der Waals surface area contributed by atoms with E-state index in [2.05, 4.69) is 0 Å². The van der Waals surface area contributed by atoms with Crippen LogP contribution in [0.15, 0.2) is 0 Å². The molecule has 1 aliphatic heterocycles. The Labute approximate surface area is 76.3 Å². The minimum absolute atomic E-state index is 0.484. The molecule has 4 atom stereocenters. The molecule has 0 aromatic carbocycles. The van der Waals surface area contributed by atoms with Crippen LogP contribution in [0.3, 0.4) is 0 Å². The van der Waals surface area contributed by atoms with Crippen LogP contribution in [0, 0.1) is 6.61 Å². The van der Waals surface area contributed by atoms with E-state index in [-0.39, 0.29) is 0 Å². The van der Waals surface area contributed by atoms with Gasteiger partial charge in [-0.2, -0.15) is 0 Å². The molecule has 0 spiro atoms. The first-order valence-electron chi connectivity index (χ1n) is 4.04. The van der Waals surface area contributed by atoms with Crippen LogP contribution in [0.4, 0.5) is 0 Å². The Bertz CT molecular complexity index is 193. The van der Waals surface area contributed by atoms with Crippen molar-refractivity contribution >= 4 is 5.97 Å². The number of carbonyl (C=O) groups is 1. The number of aliphatic hydroxyl groups is 2. The van der Waals surface area contributed by atoms with Crippen LogP contribution in [0.25, 0.3) is 0 Å². The average Bonchev–Trinajstić information content (AvgIpc) is 2.06. The van der Waals surface area contributed by atoms with Gasteiger partial charge in [-0.3, -0.25) is 4.79 Å². The van der Waals surface area contributed by atoms with Crippen LogP contribution in [0.1, 0.15) is 13.8 Å². The summed E-state index contributed by atoms with van der Waals surface area (Å²) >= 11 is 0. The Morgan fingerprint density at radius 2 is 2.08 bits per heavy atom. The van der Waals surface area contributed by atoms with Crippen molar-refractivity contribution in [3.63, 3.8) is 0 Å². The van der Waals surface area contributed by atoms with Crippen LogP contribution in [-0.2, 0) is 14.3 Å². The molecule has 0 aliphatic carbocycles. The molecule has 1 fully saturated rings. The summed E-state index contributed by atoms with van der Waals surface area (Å²) in [6.45, 7) is 4.07. The van der Waals surface area contributed by atoms with E-state index >= 15 is 0 Å². The number of hydrogen-bond acceptors (Lipinski definition) is 5. The monoisotopic (exact) mass is 189 g/mol. The zero-order valence-electron chi connectivity index (χ0n) is 7.51. The first-order chi connectivity index (χ1) is 6.02. The molecule has 75 valence electrons. The van der Waals surface area contributed by atoms with Crippen LogP contribution in [-0.4, -0.2) is 40.6 Å². The second-order valence-corrected chi connectivity index (χ2v) is 3.03. The Morgan fingerprint density at radius 3 is 2.62 bits per heavy atom. The molecule has 13 heavy (non-hydrogen) atoms. The number of carbonyl (C=O) groups excluding carboxylic acids is 1. The van der Waals surface area contributed by atoms with Crippen LogP contribution in [0.2, 0.25) is 0 Å². The summed E-state index contributed by atoms with van der Waals surface area (Å²) in [4.78, 5) is 10.6. The number of hydrogen-bond donors (Lipinski definition) is 2. The maximum absolute atomic E-state index is 10.6. The molecule has 5 heteroatoms. The van der Waals surface area contributed by atoms with Crippen molar-refractivity contribution < 1.29 is 24.5 Å². The number of rotatable bonds is 1. The van der Waals surface area contributed by atoms with E-state index in [4.69, 9.17) is 9.47 Å². The van der Waals surface area contributed by atoms with Crippen molar-refractivity contribution in [3.8, 4) is 0 Å². The lowest BCUT2D eigenvalue weighted by molar-refractivity contribution is -0.183. The van der Waals surface area contributed by atoms with Crippen molar-refractivity contribution in [3.05, 3.63) is 6.61 Å². The van der Waals surface area contributed by atoms with Crippen LogP contribution in [0.5, 0.6) is 0 Å². The van der Waals surface area contributed by atoms with Gasteiger partial charge in [0.25, 0.3) is 0 Å². The highest BCUT2D eigenvalue weighted by Crippen LogP contribution is 2.20. The molecule has 0 aromatic rings. The summed E-state index contributed by atoms with van der Waals surface area (Å²) in [5.41, 5.74) is 0. The van der Waals surface area contributed by atoms with Gasteiger partial charge in [-0.15, -0.1) is 0 Å². The van der Waals surface area contributed by atoms with Crippen molar-refractivity contribution in [2.75, 3.05) is 0 Å². The first kappa shape index (κ1) is 10.4. The summed E-state index contributed by atoms with van der Waals surface area (Å²) in [6.07, 6.45) is -3.52. The van der Waals surface area contributed by atoms with Gasteiger partial charge in [0.05, 0.1) is 6.10 Å². The number of esters is 1. The van der Waals surface area contributed by atoms with Crippen molar-refractivity contribution in [2.45, 2.75) is 38.3 Å². The van der Waals surface area contributed by atoms with Gasteiger partial charge in [-0.25, -0.2) is 0 Å². The van der Waals surface area contributed by atoms with E-state index in [1.807, 2.05) is 0 Å². The molecule has 1 radical (unpaired) electrons. The highest BCUT2D eigenvalue weighted by atomic mass is 16.6. The van der Waals surface area contributed by atoms with Crippen LogP contribution >= 0.6 is 0 Å². The minimum atomic E-state index is -1.12. The van der Waals surface area contributed by atoms with E-state index in [1.54, 1.807) is 6.92 Å². The maximum Gasteiger partial charge on any atom is 0.303 e. The van der Waals surface area contributed by atoms with Gasteiger partial charge in [-0.05, 0) is 6.92 Å². The summed E-state index contributed by atoms with van der Waals surface area (Å²) in [5.74, 6) is -0.523. The van der Waals surface area contributed by atoms with E-state index in [0.717, 1.165) is 0 Å². The molecule has 1 saturated heterocycles. The average molecular weight is 189 g/mol. The maximum atomic E-state index is 10.6. The molecule has 1 rings (SSSR count). The summed E-state index contributed by atoms with van der Waals surface area (Å²) in [7, 11) is 0. The molecule has 5 nitrogen and oxygen atoms in total. The third-order valence-corrected chi connectivity index (χ3v) is 1.90. The predicted octanol–water partition coefficient (Wildman–Crippen LogP) is -0.780.